The van der Waals surface area contributed by atoms with Crippen LogP contribution in [0, 0.1) is 5.82 Å². The van der Waals surface area contributed by atoms with Gasteiger partial charge in [-0.15, -0.1) is 0 Å². The fourth-order valence-corrected chi connectivity index (χ4v) is 2.58. The van der Waals surface area contributed by atoms with Gasteiger partial charge in [0, 0.05) is 12.6 Å². The molecular weight excluding hydrogens is 308 g/mol. The van der Waals surface area contributed by atoms with Crippen LogP contribution in [0.5, 0.6) is 5.75 Å². The van der Waals surface area contributed by atoms with Crippen molar-refractivity contribution in [2.45, 2.75) is 18.6 Å². The predicted octanol–water partition coefficient (Wildman–Crippen LogP) is 2.48. The van der Waals surface area contributed by atoms with Crippen LogP contribution in [-0.2, 0) is 0 Å². The molecule has 21 heavy (non-hydrogen) atoms. The zero-order valence-corrected chi connectivity index (χ0v) is 11.1. The summed E-state index contributed by atoms with van der Waals surface area (Å²) >= 11 is 5.84. The molecule has 110 valence electrons. The first kappa shape index (κ1) is 13.8. The predicted molar refractivity (Wildman–Crippen MR) is 70.4 cm³/mol. The number of carbonyl (C=O) groups is 1. The molecule has 1 aliphatic carbocycles. The van der Waals surface area contributed by atoms with Crippen LogP contribution in [0.15, 0.2) is 17.1 Å². The van der Waals surface area contributed by atoms with Crippen LogP contribution in [0.3, 0.4) is 0 Å². The van der Waals surface area contributed by atoms with E-state index >= 15 is 0 Å². The number of nitrogens with zero attached hydrogens (tertiary/aromatic N) is 1. The number of carboxylic acid groups (broad SMARTS) is 1. The number of phenolic OH excluding ortho intramolecular Hbond substituents is 1. The molecule has 2 aromatic rings. The first-order chi connectivity index (χ1) is 9.82. The molecule has 0 amide bonds. The number of carboxylic acids is 1. The number of alkyl halides is 1. The molecule has 1 heterocycles. The highest BCUT2D eigenvalue weighted by molar-refractivity contribution is 6.36. The van der Waals surface area contributed by atoms with E-state index < -0.39 is 45.8 Å². The van der Waals surface area contributed by atoms with Crippen LogP contribution < -0.4 is 5.43 Å². The fourth-order valence-electron chi connectivity index (χ4n) is 2.29. The van der Waals surface area contributed by atoms with Gasteiger partial charge in [0.2, 0.25) is 5.43 Å². The topological polar surface area (TPSA) is 79.5 Å². The minimum absolute atomic E-state index is 0.0734. The van der Waals surface area contributed by atoms with Crippen molar-refractivity contribution in [1.82, 2.24) is 4.57 Å². The van der Waals surface area contributed by atoms with Crippen molar-refractivity contribution in [3.8, 4) is 5.75 Å². The van der Waals surface area contributed by atoms with E-state index in [-0.39, 0.29) is 17.3 Å². The molecule has 0 spiro atoms. The summed E-state index contributed by atoms with van der Waals surface area (Å²) in [6.07, 6.45) is -0.105. The van der Waals surface area contributed by atoms with Crippen LogP contribution in [0.25, 0.3) is 10.9 Å². The number of hydrogen-bond acceptors (Lipinski definition) is 3. The molecule has 1 saturated carbocycles. The van der Waals surface area contributed by atoms with Crippen LogP contribution in [0.4, 0.5) is 8.78 Å². The maximum atomic E-state index is 13.5. The molecule has 1 fully saturated rings. The number of aromatic carboxylic acids is 1. The van der Waals surface area contributed by atoms with Crippen molar-refractivity contribution < 1.29 is 23.8 Å². The molecule has 2 N–H and O–H groups in total. The third kappa shape index (κ3) is 1.96. The van der Waals surface area contributed by atoms with Crippen LogP contribution >= 0.6 is 11.6 Å². The van der Waals surface area contributed by atoms with Gasteiger partial charge in [-0.25, -0.2) is 13.6 Å². The van der Waals surface area contributed by atoms with Gasteiger partial charge in [0.25, 0.3) is 0 Å². The highest BCUT2D eigenvalue weighted by Gasteiger charge is 2.40. The molecule has 1 aromatic carbocycles. The first-order valence-electron chi connectivity index (χ1n) is 5.96. The summed E-state index contributed by atoms with van der Waals surface area (Å²) in [5.41, 5.74) is -1.62. The lowest BCUT2D eigenvalue weighted by Crippen LogP contribution is -2.19. The van der Waals surface area contributed by atoms with E-state index in [0.717, 1.165) is 6.20 Å². The standard InChI is InChI=1S/C13H8ClF2NO4/c14-9-10-4(1-7(16)12(9)19)11(18)5(13(20)21)3-17(10)8-2-6(8)15/h1,3,6,8,19H,2H2,(H,20,21). The summed E-state index contributed by atoms with van der Waals surface area (Å²) in [6.45, 7) is 0. The molecule has 1 aliphatic rings. The summed E-state index contributed by atoms with van der Waals surface area (Å²) in [5.74, 6) is -3.51. The fraction of sp³-hybridized carbons (Fsp3) is 0.231. The molecule has 3 rings (SSSR count). The Labute approximate surface area is 121 Å². The SMILES string of the molecule is O=C(O)c1cn(C2CC2F)c2c(Cl)c(O)c(F)cc2c1=O. The molecule has 5 nitrogen and oxygen atoms in total. The highest BCUT2D eigenvalue weighted by atomic mass is 35.5. The summed E-state index contributed by atoms with van der Waals surface area (Å²) in [7, 11) is 0. The van der Waals surface area contributed by atoms with Crippen molar-refractivity contribution >= 4 is 28.5 Å². The number of aromatic nitrogens is 1. The average molecular weight is 316 g/mol. The van der Waals surface area contributed by atoms with Gasteiger partial charge >= 0.3 is 5.97 Å². The third-order valence-electron chi connectivity index (χ3n) is 3.45. The van der Waals surface area contributed by atoms with Crippen molar-refractivity contribution in [3.05, 3.63) is 38.9 Å². The third-order valence-corrected chi connectivity index (χ3v) is 3.81. The molecule has 0 bridgehead atoms. The second-order valence-corrected chi connectivity index (χ2v) is 5.20. The van der Waals surface area contributed by atoms with E-state index in [0.29, 0.717) is 6.07 Å². The minimum Gasteiger partial charge on any atom is -0.504 e. The number of pyridine rings is 1. The number of fused-ring (bicyclic) bond motifs is 1. The van der Waals surface area contributed by atoms with Crippen molar-refractivity contribution in [2.75, 3.05) is 0 Å². The highest BCUT2D eigenvalue weighted by Crippen LogP contribution is 2.43. The zero-order chi connectivity index (χ0) is 15.5. The van der Waals surface area contributed by atoms with E-state index in [1.165, 1.54) is 4.57 Å². The Balaban J connectivity index is 2.49. The van der Waals surface area contributed by atoms with Gasteiger partial charge in [-0.2, -0.15) is 0 Å². The van der Waals surface area contributed by atoms with Crippen molar-refractivity contribution in [3.63, 3.8) is 0 Å². The summed E-state index contributed by atoms with van der Waals surface area (Å²) < 4.78 is 28.0. The number of hydrogen-bond donors (Lipinski definition) is 2. The average Bonchev–Trinajstić information content (AvgIpc) is 3.14. The lowest BCUT2D eigenvalue weighted by atomic mass is 10.1. The minimum atomic E-state index is -1.50. The zero-order valence-electron chi connectivity index (χ0n) is 10.3. The molecule has 0 radical (unpaired) electrons. The van der Waals surface area contributed by atoms with Crippen LogP contribution in [0.2, 0.25) is 5.02 Å². The van der Waals surface area contributed by atoms with E-state index in [9.17, 15) is 23.5 Å². The second-order valence-electron chi connectivity index (χ2n) is 4.82. The Morgan fingerprint density at radius 3 is 2.62 bits per heavy atom. The molecule has 0 aliphatic heterocycles. The number of aromatic hydroxyl groups is 1. The van der Waals surface area contributed by atoms with Crippen molar-refractivity contribution in [2.24, 2.45) is 0 Å². The quantitative estimate of drug-likeness (QED) is 0.892. The van der Waals surface area contributed by atoms with Gasteiger partial charge in [-0.1, -0.05) is 11.6 Å². The molecule has 8 heteroatoms. The molecule has 1 aromatic heterocycles. The lowest BCUT2D eigenvalue weighted by Gasteiger charge is -2.13. The number of phenols is 1. The van der Waals surface area contributed by atoms with E-state index in [4.69, 9.17) is 16.7 Å². The van der Waals surface area contributed by atoms with Crippen molar-refractivity contribution in [1.29, 1.82) is 0 Å². The maximum absolute atomic E-state index is 13.5. The summed E-state index contributed by atoms with van der Waals surface area (Å²) in [5, 5.41) is 17.8. The Bertz CT molecular complexity index is 848. The molecular formula is C13H8ClF2NO4. The van der Waals surface area contributed by atoms with Gasteiger partial charge < -0.3 is 14.8 Å². The van der Waals surface area contributed by atoms with Gasteiger partial charge in [-0.3, -0.25) is 4.79 Å². The van der Waals surface area contributed by atoms with Crippen LogP contribution in [-0.4, -0.2) is 26.9 Å². The maximum Gasteiger partial charge on any atom is 0.341 e. The molecule has 2 atom stereocenters. The molecule has 0 saturated heterocycles. The molecule has 2 unspecified atom stereocenters. The number of rotatable bonds is 2. The van der Waals surface area contributed by atoms with E-state index in [2.05, 4.69) is 0 Å². The van der Waals surface area contributed by atoms with Gasteiger partial charge in [-0.05, 0) is 6.07 Å². The largest absolute Gasteiger partial charge is 0.504 e. The smallest absolute Gasteiger partial charge is 0.341 e. The Kier molecular flexibility index (Phi) is 2.91. The first-order valence-corrected chi connectivity index (χ1v) is 6.34. The summed E-state index contributed by atoms with van der Waals surface area (Å²) in [6, 6.07) is 0.0193. The Morgan fingerprint density at radius 1 is 1.48 bits per heavy atom. The van der Waals surface area contributed by atoms with Gasteiger partial charge in [0.15, 0.2) is 11.6 Å². The van der Waals surface area contributed by atoms with Crippen LogP contribution in [0.1, 0.15) is 22.8 Å². The summed E-state index contributed by atoms with van der Waals surface area (Å²) in [4.78, 5) is 23.2. The van der Waals surface area contributed by atoms with E-state index in [1.54, 1.807) is 0 Å². The number of halogens is 3. The van der Waals surface area contributed by atoms with Gasteiger partial charge in [0.05, 0.1) is 16.9 Å². The van der Waals surface area contributed by atoms with Gasteiger partial charge in [0.1, 0.15) is 16.8 Å². The van der Waals surface area contributed by atoms with E-state index in [1.807, 2.05) is 0 Å². The number of benzene rings is 1. The Morgan fingerprint density at radius 2 is 2.10 bits per heavy atom. The Hall–Kier alpha value is -2.15. The monoisotopic (exact) mass is 315 g/mol. The normalized spacial score (nSPS) is 20.7. The lowest BCUT2D eigenvalue weighted by molar-refractivity contribution is 0.0694. The second kappa shape index (κ2) is 4.42.